The molecule has 1 unspecified atom stereocenters. The first-order chi connectivity index (χ1) is 10.4. The first-order valence-corrected chi connectivity index (χ1v) is 8.37. The Kier molecular flexibility index (Phi) is 5.57. The number of nitrogens with zero attached hydrogens (tertiary/aromatic N) is 2. The molecule has 1 heterocycles. The monoisotopic (exact) mass is 323 g/mol. The molecule has 0 bridgehead atoms. The number of benzene rings is 1. The lowest BCUT2D eigenvalue weighted by Crippen LogP contribution is -2.53. The van der Waals surface area contributed by atoms with E-state index in [1.807, 2.05) is 17.9 Å². The molecule has 1 N–H and O–H groups in total. The summed E-state index contributed by atoms with van der Waals surface area (Å²) in [4.78, 5) is 16.3. The Morgan fingerprint density at radius 1 is 1.27 bits per heavy atom. The zero-order valence-corrected chi connectivity index (χ0v) is 14.7. The van der Waals surface area contributed by atoms with Crippen LogP contribution in [0.4, 0.5) is 10.5 Å². The lowest BCUT2D eigenvalue weighted by Gasteiger charge is -2.37. The number of nitrogens with one attached hydrogen (secondary N) is 1. The Balaban J connectivity index is 1.99. The molecule has 22 heavy (non-hydrogen) atoms. The van der Waals surface area contributed by atoms with Crippen molar-refractivity contribution >= 4 is 23.3 Å². The molecule has 0 spiro atoms. The number of rotatable bonds is 3. The van der Waals surface area contributed by atoms with E-state index in [9.17, 15) is 4.79 Å². The molecule has 2 amide bonds. The predicted octanol–water partition coefficient (Wildman–Crippen LogP) is 3.59. The van der Waals surface area contributed by atoms with Crippen molar-refractivity contribution < 1.29 is 4.79 Å². The predicted molar refractivity (Wildman–Crippen MR) is 93.0 cm³/mol. The van der Waals surface area contributed by atoms with E-state index in [-0.39, 0.29) is 12.1 Å². The minimum Gasteiger partial charge on any atom is -0.367 e. The summed E-state index contributed by atoms with van der Waals surface area (Å²) in [5.41, 5.74) is 3.48. The van der Waals surface area contributed by atoms with Gasteiger partial charge in [-0.3, -0.25) is 0 Å². The number of urea groups is 1. The molecular formula is C17H26ClN3O. The number of amides is 2. The second kappa shape index (κ2) is 7.23. The first-order valence-electron chi connectivity index (χ1n) is 7.99. The van der Waals surface area contributed by atoms with Crippen LogP contribution in [0.1, 0.15) is 31.4 Å². The van der Waals surface area contributed by atoms with Crippen molar-refractivity contribution in [3.63, 3.8) is 0 Å². The summed E-state index contributed by atoms with van der Waals surface area (Å²) in [5.74, 6) is 0. The highest BCUT2D eigenvalue weighted by Gasteiger charge is 2.23. The van der Waals surface area contributed by atoms with Crippen molar-refractivity contribution in [2.45, 2.75) is 40.2 Å². The van der Waals surface area contributed by atoms with Crippen LogP contribution in [0.25, 0.3) is 0 Å². The van der Waals surface area contributed by atoms with Gasteiger partial charge in [-0.05, 0) is 44.4 Å². The van der Waals surface area contributed by atoms with Crippen LogP contribution >= 0.6 is 11.6 Å². The maximum atomic E-state index is 12.2. The normalized spacial score (nSPS) is 16.6. The molecule has 5 heteroatoms. The van der Waals surface area contributed by atoms with E-state index in [2.05, 4.69) is 37.1 Å². The average Bonchev–Trinajstić information content (AvgIpc) is 2.46. The van der Waals surface area contributed by atoms with E-state index < -0.39 is 0 Å². The van der Waals surface area contributed by atoms with Gasteiger partial charge in [-0.25, -0.2) is 4.79 Å². The number of aryl methyl sites for hydroxylation is 2. The topological polar surface area (TPSA) is 35.6 Å². The van der Waals surface area contributed by atoms with Gasteiger partial charge in [0.1, 0.15) is 0 Å². The van der Waals surface area contributed by atoms with Crippen LogP contribution in [0.3, 0.4) is 0 Å². The van der Waals surface area contributed by atoms with Crippen LogP contribution in [-0.2, 0) is 0 Å². The van der Waals surface area contributed by atoms with Crippen molar-refractivity contribution in [3.8, 4) is 0 Å². The molecule has 122 valence electrons. The maximum Gasteiger partial charge on any atom is 0.317 e. The fourth-order valence-corrected chi connectivity index (χ4v) is 3.29. The molecule has 1 fully saturated rings. The highest BCUT2D eigenvalue weighted by Crippen LogP contribution is 2.31. The standard InChI is InChI=1S/C17H26ClN3O/c1-5-14(4)19-17(22)21-8-6-20(7-9-21)16-13(3)10-12(2)11-15(16)18/h10-11,14H,5-9H2,1-4H3,(H,19,22). The lowest BCUT2D eigenvalue weighted by molar-refractivity contribution is 0.191. The number of hydrogen-bond donors (Lipinski definition) is 1. The zero-order valence-electron chi connectivity index (χ0n) is 13.9. The molecular weight excluding hydrogens is 298 g/mol. The molecule has 0 saturated carbocycles. The van der Waals surface area contributed by atoms with Crippen molar-refractivity contribution in [2.24, 2.45) is 0 Å². The summed E-state index contributed by atoms with van der Waals surface area (Å²) in [7, 11) is 0. The number of carbonyl (C=O) groups is 1. The van der Waals surface area contributed by atoms with Gasteiger partial charge in [-0.1, -0.05) is 24.6 Å². The Morgan fingerprint density at radius 2 is 1.91 bits per heavy atom. The molecule has 2 rings (SSSR count). The van der Waals surface area contributed by atoms with Crippen LogP contribution in [0, 0.1) is 13.8 Å². The van der Waals surface area contributed by atoms with Gasteiger partial charge in [-0.15, -0.1) is 0 Å². The smallest absolute Gasteiger partial charge is 0.317 e. The van der Waals surface area contributed by atoms with E-state index in [4.69, 9.17) is 11.6 Å². The Hall–Kier alpha value is -1.42. The molecule has 1 aromatic carbocycles. The molecule has 1 aromatic rings. The minimum atomic E-state index is 0.0423. The fraction of sp³-hybridized carbons (Fsp3) is 0.588. The van der Waals surface area contributed by atoms with Gasteiger partial charge in [0, 0.05) is 32.2 Å². The Labute approximate surface area is 138 Å². The fourth-order valence-electron chi connectivity index (χ4n) is 2.85. The van der Waals surface area contributed by atoms with Gasteiger partial charge in [-0.2, -0.15) is 0 Å². The molecule has 1 aliphatic rings. The first kappa shape index (κ1) is 16.9. The van der Waals surface area contributed by atoms with Gasteiger partial charge in [0.2, 0.25) is 0 Å². The van der Waals surface area contributed by atoms with Crippen molar-refractivity contribution in [1.29, 1.82) is 0 Å². The minimum absolute atomic E-state index is 0.0423. The Bertz CT molecular complexity index is 516. The van der Waals surface area contributed by atoms with Crippen LogP contribution in [-0.4, -0.2) is 43.2 Å². The largest absolute Gasteiger partial charge is 0.367 e. The van der Waals surface area contributed by atoms with E-state index in [0.29, 0.717) is 0 Å². The summed E-state index contributed by atoms with van der Waals surface area (Å²) < 4.78 is 0. The number of halogens is 1. The zero-order chi connectivity index (χ0) is 16.3. The molecule has 4 nitrogen and oxygen atoms in total. The molecule has 1 atom stereocenters. The van der Waals surface area contributed by atoms with Gasteiger partial charge in [0.15, 0.2) is 0 Å². The van der Waals surface area contributed by atoms with Gasteiger partial charge < -0.3 is 15.1 Å². The molecule has 1 aliphatic heterocycles. The third-order valence-corrected chi connectivity index (χ3v) is 4.55. The summed E-state index contributed by atoms with van der Waals surface area (Å²) in [5, 5.41) is 3.83. The second-order valence-electron chi connectivity index (χ2n) is 6.15. The number of carbonyl (C=O) groups excluding carboxylic acids is 1. The van der Waals surface area contributed by atoms with Gasteiger partial charge >= 0.3 is 6.03 Å². The summed E-state index contributed by atoms with van der Waals surface area (Å²) in [6.45, 7) is 11.3. The van der Waals surface area contributed by atoms with Crippen molar-refractivity contribution in [1.82, 2.24) is 10.2 Å². The van der Waals surface area contributed by atoms with E-state index >= 15 is 0 Å². The van der Waals surface area contributed by atoms with Crippen molar-refractivity contribution in [2.75, 3.05) is 31.1 Å². The van der Waals surface area contributed by atoms with Crippen LogP contribution in [0.2, 0.25) is 5.02 Å². The van der Waals surface area contributed by atoms with E-state index in [1.54, 1.807) is 0 Å². The molecule has 0 radical (unpaired) electrons. The molecule has 1 saturated heterocycles. The lowest BCUT2D eigenvalue weighted by atomic mass is 10.1. The Morgan fingerprint density at radius 3 is 2.45 bits per heavy atom. The maximum absolute atomic E-state index is 12.2. The summed E-state index contributed by atoms with van der Waals surface area (Å²) >= 11 is 6.42. The number of anilines is 1. The van der Waals surface area contributed by atoms with Crippen molar-refractivity contribution in [3.05, 3.63) is 28.3 Å². The third-order valence-electron chi connectivity index (χ3n) is 4.26. The molecule has 0 aromatic heterocycles. The number of piperazine rings is 1. The van der Waals surface area contributed by atoms with Crippen LogP contribution in [0.5, 0.6) is 0 Å². The quantitative estimate of drug-likeness (QED) is 0.922. The van der Waals surface area contributed by atoms with Gasteiger partial charge in [0.25, 0.3) is 0 Å². The number of hydrogen-bond acceptors (Lipinski definition) is 2. The summed E-state index contributed by atoms with van der Waals surface area (Å²) in [6, 6.07) is 4.43. The van der Waals surface area contributed by atoms with Gasteiger partial charge in [0.05, 0.1) is 10.7 Å². The summed E-state index contributed by atoms with van der Waals surface area (Å²) in [6.07, 6.45) is 0.948. The van der Waals surface area contributed by atoms with Crippen LogP contribution in [0.15, 0.2) is 12.1 Å². The highest BCUT2D eigenvalue weighted by atomic mass is 35.5. The highest BCUT2D eigenvalue weighted by molar-refractivity contribution is 6.33. The van der Waals surface area contributed by atoms with Crippen LogP contribution < -0.4 is 10.2 Å². The molecule has 0 aliphatic carbocycles. The van der Waals surface area contributed by atoms with E-state index in [0.717, 1.165) is 43.3 Å². The second-order valence-corrected chi connectivity index (χ2v) is 6.55. The van der Waals surface area contributed by atoms with E-state index in [1.165, 1.54) is 11.1 Å². The average molecular weight is 324 g/mol. The third kappa shape index (κ3) is 3.86. The SMILES string of the molecule is CCC(C)NC(=O)N1CCN(c2c(C)cc(C)cc2Cl)CC1.